The predicted molar refractivity (Wildman–Crippen MR) is 106 cm³/mol. The van der Waals surface area contributed by atoms with E-state index in [4.69, 9.17) is 5.11 Å². The fourth-order valence-electron chi connectivity index (χ4n) is 2.79. The van der Waals surface area contributed by atoms with Crippen LogP contribution in [-0.2, 0) is 17.8 Å². The zero-order valence-electron chi connectivity index (χ0n) is 15.1. The quantitative estimate of drug-likeness (QED) is 0.637. The van der Waals surface area contributed by atoms with Crippen molar-refractivity contribution >= 4 is 17.8 Å². The lowest BCUT2D eigenvalue weighted by Crippen LogP contribution is -2.00. The first-order chi connectivity index (χ1) is 13.0. The van der Waals surface area contributed by atoms with Gasteiger partial charge in [0.05, 0.1) is 6.42 Å². The minimum atomic E-state index is -0.832. The molecule has 4 nitrogen and oxygen atoms in total. The number of aliphatic carboxylic acids is 1. The van der Waals surface area contributed by atoms with Crippen LogP contribution >= 0.6 is 0 Å². The molecule has 136 valence electrons. The molecule has 3 rings (SSSR count). The highest BCUT2D eigenvalue weighted by atomic mass is 16.4. The summed E-state index contributed by atoms with van der Waals surface area (Å²) in [5, 5.41) is 8.79. The Bertz CT molecular complexity index is 964. The molecule has 2 aromatic carbocycles. The van der Waals surface area contributed by atoms with Crippen molar-refractivity contribution < 1.29 is 14.7 Å². The second-order valence-electron chi connectivity index (χ2n) is 6.51. The third-order valence-electron chi connectivity index (χ3n) is 4.29. The molecule has 0 saturated carbocycles. The molecular weight excluding hydrogens is 338 g/mol. The van der Waals surface area contributed by atoms with Gasteiger partial charge in [-0.05, 0) is 24.1 Å². The lowest BCUT2D eigenvalue weighted by Gasteiger charge is -2.00. The van der Waals surface area contributed by atoms with Crippen LogP contribution < -0.4 is 0 Å². The Labute approximate surface area is 158 Å². The number of hydrogen-bond donors (Lipinski definition) is 1. The van der Waals surface area contributed by atoms with Crippen LogP contribution in [0.4, 0.5) is 0 Å². The van der Waals surface area contributed by atoms with E-state index in [-0.39, 0.29) is 12.2 Å². The minimum Gasteiger partial charge on any atom is -0.481 e. The van der Waals surface area contributed by atoms with E-state index < -0.39 is 5.97 Å². The first-order valence-corrected chi connectivity index (χ1v) is 8.76. The number of carbonyl (C=O) groups is 2. The van der Waals surface area contributed by atoms with Crippen LogP contribution in [0.15, 0.2) is 73.1 Å². The average Bonchev–Trinajstić information content (AvgIpc) is 3.12. The van der Waals surface area contributed by atoms with Crippen LogP contribution in [-0.4, -0.2) is 21.4 Å². The van der Waals surface area contributed by atoms with Gasteiger partial charge in [-0.25, -0.2) is 0 Å². The first kappa shape index (κ1) is 18.4. The molecule has 0 fully saturated rings. The summed E-state index contributed by atoms with van der Waals surface area (Å²) in [5.74, 6) is -0.811. The standard InChI is InChI=1S/C23H21NO3/c1-17-4-10-20(11-5-17)23(27)21-12-14-24(16-21)13-2-3-18-6-8-19(9-7-18)15-22(25)26/h2-12,14,16H,13,15H2,1H3,(H,25,26). The van der Waals surface area contributed by atoms with Gasteiger partial charge in [-0.3, -0.25) is 9.59 Å². The molecule has 0 amide bonds. The second kappa shape index (κ2) is 8.32. The van der Waals surface area contributed by atoms with Gasteiger partial charge in [-0.15, -0.1) is 0 Å². The van der Waals surface area contributed by atoms with E-state index in [0.29, 0.717) is 17.7 Å². The molecule has 27 heavy (non-hydrogen) atoms. The van der Waals surface area contributed by atoms with Gasteiger partial charge in [0, 0.05) is 30.1 Å². The Hall–Kier alpha value is -3.40. The molecule has 1 N–H and O–H groups in total. The number of aryl methyl sites for hydroxylation is 1. The average molecular weight is 359 g/mol. The molecule has 0 aliphatic heterocycles. The highest BCUT2D eigenvalue weighted by Gasteiger charge is 2.09. The molecule has 1 aromatic heterocycles. The number of benzene rings is 2. The van der Waals surface area contributed by atoms with Gasteiger partial charge in [-0.2, -0.15) is 0 Å². The van der Waals surface area contributed by atoms with Crippen molar-refractivity contribution in [3.8, 4) is 0 Å². The van der Waals surface area contributed by atoms with E-state index in [1.54, 1.807) is 0 Å². The van der Waals surface area contributed by atoms with Crippen molar-refractivity contribution in [3.63, 3.8) is 0 Å². The summed E-state index contributed by atoms with van der Waals surface area (Å²) in [7, 11) is 0. The zero-order chi connectivity index (χ0) is 19.2. The molecule has 0 unspecified atom stereocenters. The first-order valence-electron chi connectivity index (χ1n) is 8.76. The summed E-state index contributed by atoms with van der Waals surface area (Å²) in [4.78, 5) is 23.2. The van der Waals surface area contributed by atoms with Crippen LogP contribution in [0.2, 0.25) is 0 Å². The number of carbonyl (C=O) groups excluding carboxylic acids is 1. The van der Waals surface area contributed by atoms with Gasteiger partial charge in [-0.1, -0.05) is 66.2 Å². The number of aromatic nitrogens is 1. The smallest absolute Gasteiger partial charge is 0.307 e. The number of nitrogens with zero attached hydrogens (tertiary/aromatic N) is 1. The van der Waals surface area contributed by atoms with Crippen LogP contribution in [0, 0.1) is 6.92 Å². The summed E-state index contributed by atoms with van der Waals surface area (Å²) in [5.41, 5.74) is 4.28. The molecule has 3 aromatic rings. The minimum absolute atomic E-state index is 0.0201. The summed E-state index contributed by atoms with van der Waals surface area (Å²) in [6, 6.07) is 16.9. The van der Waals surface area contributed by atoms with Crippen LogP contribution in [0.1, 0.15) is 32.6 Å². The topological polar surface area (TPSA) is 59.3 Å². The van der Waals surface area contributed by atoms with E-state index in [2.05, 4.69) is 0 Å². The highest BCUT2D eigenvalue weighted by Crippen LogP contribution is 2.12. The van der Waals surface area contributed by atoms with Crippen molar-refractivity contribution in [2.24, 2.45) is 0 Å². The SMILES string of the molecule is Cc1ccc(C(=O)c2ccn(CC=Cc3ccc(CC(=O)O)cc3)c2)cc1. The number of hydrogen-bond acceptors (Lipinski definition) is 2. The predicted octanol–water partition coefficient (Wildman–Crippen LogP) is 4.37. The molecule has 1 heterocycles. The summed E-state index contributed by atoms with van der Waals surface area (Å²) in [6.07, 6.45) is 7.76. The molecule has 0 aliphatic carbocycles. The number of carboxylic acids is 1. The van der Waals surface area contributed by atoms with Crippen LogP contribution in [0.3, 0.4) is 0 Å². The fraction of sp³-hybridized carbons (Fsp3) is 0.130. The molecule has 0 aliphatic rings. The van der Waals surface area contributed by atoms with Crippen LogP contribution in [0.5, 0.6) is 0 Å². The highest BCUT2D eigenvalue weighted by molar-refractivity contribution is 6.08. The Kier molecular flexibility index (Phi) is 5.67. The van der Waals surface area contributed by atoms with E-state index in [1.165, 1.54) is 0 Å². The molecule has 0 spiro atoms. The number of rotatable bonds is 7. The summed E-state index contributed by atoms with van der Waals surface area (Å²) >= 11 is 0. The summed E-state index contributed by atoms with van der Waals surface area (Å²) < 4.78 is 1.96. The molecule has 0 radical (unpaired) electrons. The van der Waals surface area contributed by atoms with Gasteiger partial charge in [0.25, 0.3) is 0 Å². The maximum absolute atomic E-state index is 12.5. The summed E-state index contributed by atoms with van der Waals surface area (Å²) in [6.45, 7) is 2.65. The third kappa shape index (κ3) is 5.05. The monoisotopic (exact) mass is 359 g/mol. The van der Waals surface area contributed by atoms with Crippen LogP contribution in [0.25, 0.3) is 6.08 Å². The Morgan fingerprint density at radius 2 is 1.67 bits per heavy atom. The van der Waals surface area contributed by atoms with Gasteiger partial charge in [0.2, 0.25) is 0 Å². The Balaban J connectivity index is 1.60. The molecule has 0 saturated heterocycles. The molecule has 0 bridgehead atoms. The van der Waals surface area contributed by atoms with E-state index >= 15 is 0 Å². The van der Waals surface area contributed by atoms with E-state index in [9.17, 15) is 9.59 Å². The number of allylic oxidation sites excluding steroid dienone is 1. The lowest BCUT2D eigenvalue weighted by atomic mass is 10.0. The van der Waals surface area contributed by atoms with Gasteiger partial charge < -0.3 is 9.67 Å². The molecule has 0 atom stereocenters. The fourth-order valence-corrected chi connectivity index (χ4v) is 2.79. The van der Waals surface area contributed by atoms with Crippen molar-refractivity contribution in [3.05, 3.63) is 101 Å². The normalized spacial score (nSPS) is 11.0. The Morgan fingerprint density at radius 1 is 0.963 bits per heavy atom. The maximum atomic E-state index is 12.5. The number of ketones is 1. The maximum Gasteiger partial charge on any atom is 0.307 e. The van der Waals surface area contributed by atoms with Crippen molar-refractivity contribution in [1.29, 1.82) is 0 Å². The number of carboxylic acid groups (broad SMARTS) is 1. The lowest BCUT2D eigenvalue weighted by molar-refractivity contribution is -0.136. The van der Waals surface area contributed by atoms with Gasteiger partial charge in [0.1, 0.15) is 0 Å². The van der Waals surface area contributed by atoms with Crippen molar-refractivity contribution in [2.75, 3.05) is 0 Å². The molecule has 4 heteroatoms. The largest absolute Gasteiger partial charge is 0.481 e. The van der Waals surface area contributed by atoms with E-state index in [1.807, 2.05) is 90.6 Å². The third-order valence-corrected chi connectivity index (χ3v) is 4.29. The van der Waals surface area contributed by atoms with Gasteiger partial charge in [0.15, 0.2) is 5.78 Å². The van der Waals surface area contributed by atoms with Crippen molar-refractivity contribution in [2.45, 2.75) is 19.9 Å². The zero-order valence-corrected chi connectivity index (χ0v) is 15.1. The second-order valence-corrected chi connectivity index (χ2v) is 6.51. The van der Waals surface area contributed by atoms with Crippen molar-refractivity contribution in [1.82, 2.24) is 4.57 Å². The Morgan fingerprint density at radius 3 is 2.33 bits per heavy atom. The molecular formula is C23H21NO3. The van der Waals surface area contributed by atoms with E-state index in [0.717, 1.165) is 16.7 Å². The van der Waals surface area contributed by atoms with Gasteiger partial charge >= 0.3 is 5.97 Å².